The van der Waals surface area contributed by atoms with E-state index in [-0.39, 0.29) is 11.8 Å². The predicted molar refractivity (Wildman–Crippen MR) is 101 cm³/mol. The number of aryl methyl sites for hydroxylation is 1. The number of hydrogen-bond donors (Lipinski definition) is 1. The van der Waals surface area contributed by atoms with E-state index in [0.29, 0.717) is 5.92 Å². The highest BCUT2D eigenvalue weighted by atomic mass is 79.9. The van der Waals surface area contributed by atoms with Gasteiger partial charge in [0.25, 0.3) is 0 Å². The van der Waals surface area contributed by atoms with Gasteiger partial charge in [-0.1, -0.05) is 54.0 Å². The van der Waals surface area contributed by atoms with Gasteiger partial charge in [0.1, 0.15) is 0 Å². The van der Waals surface area contributed by atoms with Gasteiger partial charge in [-0.2, -0.15) is 0 Å². The van der Waals surface area contributed by atoms with Crippen LogP contribution in [0.1, 0.15) is 43.4 Å². The van der Waals surface area contributed by atoms with Gasteiger partial charge in [0.05, 0.1) is 5.92 Å². The van der Waals surface area contributed by atoms with Gasteiger partial charge >= 0.3 is 0 Å². The molecule has 1 atom stereocenters. The van der Waals surface area contributed by atoms with Crippen LogP contribution in [0, 0.1) is 12.8 Å². The standard InChI is InChI=1S/C20H24BrNO/c1-13(2)11-16-5-7-17(8-6-16)15(4)20(23)22-19-10-9-18(21)12-14(19)3/h5-10,12-13,15H,11H2,1-4H3,(H,22,23)/t15-/m1/s1. The Labute approximate surface area is 147 Å². The normalized spacial score (nSPS) is 12.3. The molecule has 2 aromatic carbocycles. The zero-order valence-corrected chi connectivity index (χ0v) is 15.8. The summed E-state index contributed by atoms with van der Waals surface area (Å²) in [6.07, 6.45) is 1.07. The van der Waals surface area contributed by atoms with Crippen LogP contribution >= 0.6 is 15.9 Å². The van der Waals surface area contributed by atoms with E-state index in [4.69, 9.17) is 0 Å². The summed E-state index contributed by atoms with van der Waals surface area (Å²) in [6, 6.07) is 14.3. The fourth-order valence-corrected chi connectivity index (χ4v) is 3.05. The summed E-state index contributed by atoms with van der Waals surface area (Å²) >= 11 is 3.44. The lowest BCUT2D eigenvalue weighted by Crippen LogP contribution is -2.19. The maximum atomic E-state index is 12.5. The molecule has 0 fully saturated rings. The third-order valence-corrected chi connectivity index (χ3v) is 4.46. The van der Waals surface area contributed by atoms with Crippen molar-refractivity contribution in [2.75, 3.05) is 5.32 Å². The minimum Gasteiger partial charge on any atom is -0.325 e. The van der Waals surface area contributed by atoms with Crippen LogP contribution in [0.15, 0.2) is 46.9 Å². The number of carbonyl (C=O) groups is 1. The Morgan fingerprint density at radius 3 is 2.30 bits per heavy atom. The molecular formula is C20H24BrNO. The Bertz CT molecular complexity index is 677. The molecule has 122 valence electrons. The SMILES string of the molecule is Cc1cc(Br)ccc1NC(=O)[C@H](C)c1ccc(CC(C)C)cc1. The average Bonchev–Trinajstić information content (AvgIpc) is 2.49. The Morgan fingerprint density at radius 2 is 1.74 bits per heavy atom. The Hall–Kier alpha value is -1.61. The topological polar surface area (TPSA) is 29.1 Å². The van der Waals surface area contributed by atoms with Crippen molar-refractivity contribution in [3.8, 4) is 0 Å². The quantitative estimate of drug-likeness (QED) is 0.715. The first-order valence-electron chi connectivity index (χ1n) is 8.02. The summed E-state index contributed by atoms with van der Waals surface area (Å²) in [7, 11) is 0. The van der Waals surface area contributed by atoms with Gasteiger partial charge in [0.2, 0.25) is 5.91 Å². The zero-order chi connectivity index (χ0) is 17.0. The molecule has 0 aliphatic heterocycles. The highest BCUT2D eigenvalue weighted by Gasteiger charge is 2.16. The molecule has 0 aromatic heterocycles. The predicted octanol–water partition coefficient (Wildman–Crippen LogP) is 5.70. The molecule has 1 N–H and O–H groups in total. The van der Waals surface area contributed by atoms with Gasteiger partial charge < -0.3 is 5.32 Å². The molecule has 2 rings (SSSR count). The maximum absolute atomic E-state index is 12.5. The van der Waals surface area contributed by atoms with Crippen LogP contribution in [-0.4, -0.2) is 5.91 Å². The molecular weight excluding hydrogens is 350 g/mol. The van der Waals surface area contributed by atoms with E-state index in [1.165, 1.54) is 5.56 Å². The molecule has 0 radical (unpaired) electrons. The molecule has 0 heterocycles. The van der Waals surface area contributed by atoms with Crippen LogP contribution in [-0.2, 0) is 11.2 Å². The van der Waals surface area contributed by atoms with E-state index in [1.807, 2.05) is 32.0 Å². The van der Waals surface area contributed by atoms with Gasteiger partial charge in [-0.05, 0) is 61.1 Å². The van der Waals surface area contributed by atoms with E-state index in [9.17, 15) is 4.79 Å². The number of rotatable bonds is 5. The summed E-state index contributed by atoms with van der Waals surface area (Å²) in [5.41, 5.74) is 4.28. The summed E-state index contributed by atoms with van der Waals surface area (Å²) in [6.45, 7) is 8.36. The summed E-state index contributed by atoms with van der Waals surface area (Å²) < 4.78 is 1.02. The largest absolute Gasteiger partial charge is 0.325 e. The molecule has 2 aromatic rings. The van der Waals surface area contributed by atoms with Crippen molar-refractivity contribution in [3.63, 3.8) is 0 Å². The fraction of sp³-hybridized carbons (Fsp3) is 0.350. The lowest BCUT2D eigenvalue weighted by atomic mass is 9.96. The minimum atomic E-state index is -0.175. The second-order valence-corrected chi connectivity index (χ2v) is 7.43. The zero-order valence-electron chi connectivity index (χ0n) is 14.2. The van der Waals surface area contributed by atoms with Gasteiger partial charge in [-0.3, -0.25) is 4.79 Å². The Morgan fingerprint density at radius 1 is 1.09 bits per heavy atom. The lowest BCUT2D eigenvalue weighted by Gasteiger charge is -2.15. The molecule has 0 aliphatic carbocycles. The van der Waals surface area contributed by atoms with E-state index < -0.39 is 0 Å². The molecule has 0 saturated heterocycles. The van der Waals surface area contributed by atoms with E-state index >= 15 is 0 Å². The third-order valence-electron chi connectivity index (χ3n) is 3.96. The molecule has 0 bridgehead atoms. The first-order valence-corrected chi connectivity index (χ1v) is 8.82. The number of benzene rings is 2. The fourth-order valence-electron chi connectivity index (χ4n) is 2.57. The number of amides is 1. The van der Waals surface area contributed by atoms with Crippen LogP contribution in [0.4, 0.5) is 5.69 Å². The first-order chi connectivity index (χ1) is 10.9. The molecule has 0 unspecified atom stereocenters. The highest BCUT2D eigenvalue weighted by molar-refractivity contribution is 9.10. The van der Waals surface area contributed by atoms with Gasteiger partial charge in [-0.15, -0.1) is 0 Å². The van der Waals surface area contributed by atoms with Crippen LogP contribution in [0.5, 0.6) is 0 Å². The number of hydrogen-bond acceptors (Lipinski definition) is 1. The van der Waals surface area contributed by atoms with Gasteiger partial charge in [0.15, 0.2) is 0 Å². The molecule has 3 heteroatoms. The van der Waals surface area contributed by atoms with Crippen molar-refractivity contribution >= 4 is 27.5 Å². The third kappa shape index (κ3) is 4.93. The van der Waals surface area contributed by atoms with Gasteiger partial charge in [0, 0.05) is 10.2 Å². The smallest absolute Gasteiger partial charge is 0.231 e. The van der Waals surface area contributed by atoms with Crippen LogP contribution in [0.25, 0.3) is 0 Å². The lowest BCUT2D eigenvalue weighted by molar-refractivity contribution is -0.117. The Balaban J connectivity index is 2.07. The monoisotopic (exact) mass is 373 g/mol. The van der Waals surface area contributed by atoms with Crippen molar-refractivity contribution in [2.24, 2.45) is 5.92 Å². The number of anilines is 1. The summed E-state index contributed by atoms with van der Waals surface area (Å²) in [5.74, 6) is 0.486. The van der Waals surface area contributed by atoms with Crippen molar-refractivity contribution in [2.45, 2.75) is 40.0 Å². The molecule has 2 nitrogen and oxygen atoms in total. The summed E-state index contributed by atoms with van der Waals surface area (Å²) in [5, 5.41) is 3.02. The molecule has 0 aliphatic rings. The van der Waals surface area contributed by atoms with Crippen LogP contribution in [0.3, 0.4) is 0 Å². The number of halogens is 1. The van der Waals surface area contributed by atoms with Crippen molar-refractivity contribution < 1.29 is 4.79 Å². The molecule has 1 amide bonds. The van der Waals surface area contributed by atoms with Crippen LogP contribution < -0.4 is 5.32 Å². The first kappa shape index (κ1) is 17.7. The molecule has 23 heavy (non-hydrogen) atoms. The van der Waals surface area contributed by atoms with Crippen LogP contribution in [0.2, 0.25) is 0 Å². The number of nitrogens with one attached hydrogen (secondary N) is 1. The number of carbonyl (C=O) groups excluding carboxylic acids is 1. The van der Waals surface area contributed by atoms with Crippen molar-refractivity contribution in [3.05, 3.63) is 63.6 Å². The van der Waals surface area contributed by atoms with E-state index in [1.54, 1.807) is 0 Å². The minimum absolute atomic E-state index is 0.0204. The summed E-state index contributed by atoms with van der Waals surface area (Å²) in [4.78, 5) is 12.5. The maximum Gasteiger partial charge on any atom is 0.231 e. The molecule has 0 spiro atoms. The van der Waals surface area contributed by atoms with Crippen molar-refractivity contribution in [1.82, 2.24) is 0 Å². The van der Waals surface area contributed by atoms with Crippen molar-refractivity contribution in [1.29, 1.82) is 0 Å². The average molecular weight is 374 g/mol. The van der Waals surface area contributed by atoms with Gasteiger partial charge in [-0.25, -0.2) is 0 Å². The molecule has 0 saturated carbocycles. The second-order valence-electron chi connectivity index (χ2n) is 6.51. The van der Waals surface area contributed by atoms with E-state index in [2.05, 4.69) is 59.4 Å². The second kappa shape index (κ2) is 7.78. The Kier molecular flexibility index (Phi) is 6.00. The highest BCUT2D eigenvalue weighted by Crippen LogP contribution is 2.23. The van der Waals surface area contributed by atoms with E-state index in [0.717, 1.165) is 27.7 Å².